The number of imide groups is 1. The molecule has 1 aliphatic rings. The summed E-state index contributed by atoms with van der Waals surface area (Å²) < 4.78 is 0.651. The minimum atomic E-state index is -0.838. The number of aromatic nitrogens is 1. The summed E-state index contributed by atoms with van der Waals surface area (Å²) in [7, 11) is 0. The summed E-state index contributed by atoms with van der Waals surface area (Å²) in [5, 5.41) is 0.491. The van der Waals surface area contributed by atoms with Crippen LogP contribution in [0.5, 0.6) is 0 Å². The molecule has 1 aliphatic heterocycles. The number of hydroxylamine groups is 2. The lowest BCUT2D eigenvalue weighted by molar-refractivity contribution is -0.172. The highest BCUT2D eigenvalue weighted by Crippen LogP contribution is 2.15. The first-order chi connectivity index (χ1) is 8.08. The van der Waals surface area contributed by atoms with Crippen LogP contribution >= 0.6 is 15.9 Å². The Bertz CT molecular complexity index is 487. The predicted molar refractivity (Wildman–Crippen MR) is 58.4 cm³/mol. The van der Waals surface area contributed by atoms with Gasteiger partial charge in [0.2, 0.25) is 0 Å². The highest BCUT2D eigenvalue weighted by atomic mass is 79.9. The number of halogens is 1. The Labute approximate surface area is 105 Å². The number of rotatable bonds is 2. The molecule has 0 aromatic carbocycles. The summed E-state index contributed by atoms with van der Waals surface area (Å²) >= 11 is 3.17. The molecule has 7 heteroatoms. The normalized spacial score (nSPS) is 15.2. The highest BCUT2D eigenvalue weighted by Gasteiger charge is 2.33. The number of carbonyl (C=O) groups excluding carboxylic acids is 3. The van der Waals surface area contributed by atoms with E-state index in [1.165, 1.54) is 12.3 Å². The summed E-state index contributed by atoms with van der Waals surface area (Å²) in [6.07, 6.45) is 1.55. The molecular formula is C10H7BrN2O4. The van der Waals surface area contributed by atoms with Crippen molar-refractivity contribution in [1.82, 2.24) is 10.0 Å². The van der Waals surface area contributed by atoms with Crippen LogP contribution in [-0.4, -0.2) is 27.8 Å². The second-order valence-electron chi connectivity index (χ2n) is 3.32. The second kappa shape index (κ2) is 4.62. The topological polar surface area (TPSA) is 76.6 Å². The third-order valence-corrected chi connectivity index (χ3v) is 2.60. The molecule has 0 saturated carbocycles. The van der Waals surface area contributed by atoms with Crippen LogP contribution in [0.2, 0.25) is 0 Å². The van der Waals surface area contributed by atoms with Gasteiger partial charge in [0.25, 0.3) is 11.8 Å². The number of nitrogens with zero attached hydrogens (tertiary/aromatic N) is 2. The molecule has 88 valence electrons. The fourth-order valence-electron chi connectivity index (χ4n) is 1.30. The van der Waals surface area contributed by atoms with Gasteiger partial charge in [0.15, 0.2) is 5.69 Å². The molecule has 1 aromatic rings. The van der Waals surface area contributed by atoms with Gasteiger partial charge in [0, 0.05) is 23.5 Å². The Kier molecular flexibility index (Phi) is 3.19. The molecule has 1 fully saturated rings. The summed E-state index contributed by atoms with van der Waals surface area (Å²) in [5.74, 6) is -1.87. The van der Waals surface area contributed by atoms with Crippen LogP contribution in [0.3, 0.4) is 0 Å². The van der Waals surface area contributed by atoms with E-state index in [1.54, 1.807) is 6.07 Å². The quantitative estimate of drug-likeness (QED) is 0.763. The van der Waals surface area contributed by atoms with Crippen molar-refractivity contribution in [2.45, 2.75) is 12.8 Å². The van der Waals surface area contributed by atoms with Crippen LogP contribution in [0.15, 0.2) is 22.8 Å². The molecule has 0 aliphatic carbocycles. The number of hydrogen-bond acceptors (Lipinski definition) is 5. The third-order valence-electron chi connectivity index (χ3n) is 2.11. The monoisotopic (exact) mass is 298 g/mol. The lowest BCUT2D eigenvalue weighted by Gasteiger charge is -2.11. The Balaban J connectivity index is 2.12. The maximum atomic E-state index is 11.6. The van der Waals surface area contributed by atoms with Crippen molar-refractivity contribution in [1.29, 1.82) is 0 Å². The number of carbonyl (C=O) groups is 3. The molecular weight excluding hydrogens is 292 g/mol. The molecule has 1 aromatic heterocycles. The van der Waals surface area contributed by atoms with Crippen molar-refractivity contribution in [3.63, 3.8) is 0 Å². The molecule has 1 saturated heterocycles. The molecule has 0 bridgehead atoms. The fraction of sp³-hybridized carbons (Fsp3) is 0.200. The first-order valence-corrected chi connectivity index (χ1v) is 5.57. The van der Waals surface area contributed by atoms with Gasteiger partial charge in [-0.15, -0.1) is 5.06 Å². The van der Waals surface area contributed by atoms with E-state index < -0.39 is 17.8 Å². The molecule has 0 radical (unpaired) electrons. The molecule has 0 spiro atoms. The molecule has 2 rings (SSSR count). The summed E-state index contributed by atoms with van der Waals surface area (Å²) in [4.78, 5) is 42.5. The van der Waals surface area contributed by atoms with Crippen molar-refractivity contribution in [2.24, 2.45) is 0 Å². The maximum Gasteiger partial charge on any atom is 0.382 e. The first-order valence-electron chi connectivity index (χ1n) is 4.77. The second-order valence-corrected chi connectivity index (χ2v) is 4.24. The van der Waals surface area contributed by atoms with E-state index in [4.69, 9.17) is 0 Å². The number of hydrogen-bond donors (Lipinski definition) is 0. The standard InChI is InChI=1S/C10H7BrN2O4/c11-6-3-4-12-7(5-6)10(16)17-13-8(14)1-2-9(13)15/h3-5H,1-2H2. The van der Waals surface area contributed by atoms with Crippen LogP contribution in [0, 0.1) is 0 Å². The van der Waals surface area contributed by atoms with Crippen LogP contribution in [0.4, 0.5) is 0 Å². The van der Waals surface area contributed by atoms with E-state index >= 15 is 0 Å². The van der Waals surface area contributed by atoms with Gasteiger partial charge >= 0.3 is 5.97 Å². The minimum absolute atomic E-state index is 0.0203. The largest absolute Gasteiger partial charge is 0.382 e. The lowest BCUT2D eigenvalue weighted by atomic mass is 10.4. The highest BCUT2D eigenvalue weighted by molar-refractivity contribution is 9.10. The van der Waals surface area contributed by atoms with Crippen molar-refractivity contribution < 1.29 is 19.2 Å². The van der Waals surface area contributed by atoms with Crippen molar-refractivity contribution in [2.75, 3.05) is 0 Å². The Morgan fingerprint density at radius 3 is 2.59 bits per heavy atom. The predicted octanol–water partition coefficient (Wildman–Crippen LogP) is 1.06. The first kappa shape index (κ1) is 11.7. The molecule has 2 amide bonds. The smallest absolute Gasteiger partial charge is 0.323 e. The number of amides is 2. The Morgan fingerprint density at radius 1 is 1.35 bits per heavy atom. The van der Waals surface area contributed by atoms with E-state index in [1.807, 2.05) is 0 Å². The van der Waals surface area contributed by atoms with E-state index in [9.17, 15) is 14.4 Å². The van der Waals surface area contributed by atoms with E-state index in [0.29, 0.717) is 9.54 Å². The van der Waals surface area contributed by atoms with E-state index in [0.717, 1.165) is 0 Å². The summed E-state index contributed by atoms with van der Waals surface area (Å²) in [5.41, 5.74) is 0.0203. The van der Waals surface area contributed by atoms with Crippen LogP contribution < -0.4 is 0 Å². The molecule has 6 nitrogen and oxygen atoms in total. The van der Waals surface area contributed by atoms with Crippen molar-refractivity contribution in [3.8, 4) is 0 Å². The van der Waals surface area contributed by atoms with Crippen LogP contribution in [0.25, 0.3) is 0 Å². The van der Waals surface area contributed by atoms with Gasteiger partial charge in [-0.3, -0.25) is 9.59 Å². The molecule has 0 N–H and O–H groups in total. The van der Waals surface area contributed by atoms with Crippen molar-refractivity contribution in [3.05, 3.63) is 28.5 Å². The van der Waals surface area contributed by atoms with Crippen molar-refractivity contribution >= 4 is 33.7 Å². The van der Waals surface area contributed by atoms with Gasteiger partial charge < -0.3 is 4.84 Å². The SMILES string of the molecule is O=C(ON1C(=O)CCC1=O)c1cc(Br)ccn1. The average Bonchev–Trinajstić information content (AvgIpc) is 2.61. The Hall–Kier alpha value is -1.76. The third kappa shape index (κ3) is 2.50. The average molecular weight is 299 g/mol. The minimum Gasteiger partial charge on any atom is -0.323 e. The molecule has 17 heavy (non-hydrogen) atoms. The van der Waals surface area contributed by atoms with Gasteiger partial charge in [0.1, 0.15) is 0 Å². The maximum absolute atomic E-state index is 11.6. The summed E-state index contributed by atoms with van der Waals surface area (Å²) in [6, 6.07) is 3.08. The van der Waals surface area contributed by atoms with Gasteiger partial charge in [0.05, 0.1) is 0 Å². The van der Waals surface area contributed by atoms with Gasteiger partial charge in [-0.2, -0.15) is 0 Å². The lowest BCUT2D eigenvalue weighted by Crippen LogP contribution is -2.32. The zero-order valence-electron chi connectivity index (χ0n) is 8.55. The van der Waals surface area contributed by atoms with Gasteiger partial charge in [-0.05, 0) is 12.1 Å². The Morgan fingerprint density at radius 2 is 2.00 bits per heavy atom. The zero-order chi connectivity index (χ0) is 12.4. The van der Waals surface area contributed by atoms with Crippen LogP contribution in [-0.2, 0) is 14.4 Å². The van der Waals surface area contributed by atoms with E-state index in [2.05, 4.69) is 25.8 Å². The van der Waals surface area contributed by atoms with Gasteiger partial charge in [-0.25, -0.2) is 9.78 Å². The molecule has 0 atom stereocenters. The van der Waals surface area contributed by atoms with E-state index in [-0.39, 0.29) is 18.5 Å². The van der Waals surface area contributed by atoms with Gasteiger partial charge in [-0.1, -0.05) is 15.9 Å². The zero-order valence-corrected chi connectivity index (χ0v) is 10.1. The number of pyridine rings is 1. The van der Waals surface area contributed by atoms with Crippen LogP contribution in [0.1, 0.15) is 23.3 Å². The summed E-state index contributed by atoms with van der Waals surface area (Å²) in [6.45, 7) is 0. The molecule has 2 heterocycles. The fourth-order valence-corrected chi connectivity index (χ4v) is 1.64. The molecule has 0 unspecified atom stereocenters.